The van der Waals surface area contributed by atoms with Crippen molar-refractivity contribution in [3.8, 4) is 0 Å². The summed E-state index contributed by atoms with van der Waals surface area (Å²) in [4.78, 5) is 4.61. The predicted octanol–water partition coefficient (Wildman–Crippen LogP) is 4.71. The number of nitrogens with two attached hydrogens (primary N) is 1. The molecule has 0 fully saturated rings. The lowest BCUT2D eigenvalue weighted by Gasteiger charge is -2.08. The molecule has 2 aromatic carbocycles. The molecule has 0 unspecified atom stereocenters. The largest absolute Gasteiger partial charge is 0.322 e. The molecule has 0 radical (unpaired) electrons. The number of benzene rings is 2. The highest BCUT2D eigenvalue weighted by Gasteiger charge is 2.13. The number of anilines is 1. The standard InChI is InChI=1S/C22H24N4S/c1-15(18-11-10-17-8-5-9-19(17)13-18)25-26-22-24-21(14-27-22)20(23)12-16-6-3-2-4-7-16/h2-4,6-7,10-11,13-14,20H,5,8-9,12,23H2,1H3,(H,24,26)/b25-15+/t20-/m0/s1. The summed E-state index contributed by atoms with van der Waals surface area (Å²) >= 11 is 1.54. The molecule has 3 aromatic rings. The molecule has 1 atom stereocenters. The summed E-state index contributed by atoms with van der Waals surface area (Å²) in [6.45, 7) is 2.03. The number of aryl methyl sites for hydroxylation is 2. The van der Waals surface area contributed by atoms with Gasteiger partial charge in [-0.05, 0) is 60.9 Å². The van der Waals surface area contributed by atoms with Crippen molar-refractivity contribution in [2.24, 2.45) is 10.8 Å². The van der Waals surface area contributed by atoms with E-state index >= 15 is 0 Å². The molecule has 4 rings (SSSR count). The Labute approximate surface area is 164 Å². The van der Waals surface area contributed by atoms with E-state index in [0.717, 1.165) is 23.0 Å². The third-order valence-electron chi connectivity index (χ3n) is 5.04. The molecule has 4 nitrogen and oxygen atoms in total. The van der Waals surface area contributed by atoms with Gasteiger partial charge in [0.15, 0.2) is 0 Å². The topological polar surface area (TPSA) is 63.3 Å². The Balaban J connectivity index is 1.41. The van der Waals surface area contributed by atoms with E-state index in [0.29, 0.717) is 0 Å². The van der Waals surface area contributed by atoms with Crippen LogP contribution in [0.2, 0.25) is 0 Å². The number of rotatable bonds is 6. The quantitative estimate of drug-likeness (QED) is 0.484. The van der Waals surface area contributed by atoms with Crippen molar-refractivity contribution < 1.29 is 0 Å². The molecule has 0 saturated heterocycles. The van der Waals surface area contributed by atoms with Crippen LogP contribution in [0.25, 0.3) is 0 Å². The minimum atomic E-state index is -0.110. The maximum absolute atomic E-state index is 6.32. The van der Waals surface area contributed by atoms with Crippen LogP contribution in [0.5, 0.6) is 0 Å². The lowest BCUT2D eigenvalue weighted by Crippen LogP contribution is -2.13. The lowest BCUT2D eigenvalue weighted by atomic mass is 10.0. The van der Waals surface area contributed by atoms with E-state index in [2.05, 4.69) is 45.8 Å². The van der Waals surface area contributed by atoms with Gasteiger partial charge in [0.1, 0.15) is 0 Å². The highest BCUT2D eigenvalue weighted by molar-refractivity contribution is 7.13. The Morgan fingerprint density at radius 2 is 2.00 bits per heavy atom. The molecule has 0 aliphatic heterocycles. The fourth-order valence-electron chi connectivity index (χ4n) is 3.47. The normalized spacial score (nSPS) is 14.8. The average Bonchev–Trinajstić information content (AvgIpc) is 3.35. The Bertz CT molecular complexity index is 946. The Morgan fingerprint density at radius 3 is 2.85 bits per heavy atom. The van der Waals surface area contributed by atoms with Crippen molar-refractivity contribution in [3.63, 3.8) is 0 Å². The molecular formula is C22H24N4S. The molecule has 1 aliphatic carbocycles. The average molecular weight is 377 g/mol. The van der Waals surface area contributed by atoms with Crippen molar-refractivity contribution in [2.75, 3.05) is 5.43 Å². The molecular weight excluding hydrogens is 352 g/mol. The van der Waals surface area contributed by atoms with Crippen LogP contribution in [-0.2, 0) is 19.3 Å². The van der Waals surface area contributed by atoms with Gasteiger partial charge in [0.25, 0.3) is 0 Å². The summed E-state index contributed by atoms with van der Waals surface area (Å²) in [5.74, 6) is 0. The SMILES string of the molecule is C/C(=N\Nc1nc([C@@H](N)Cc2ccccc2)cs1)c1ccc2c(c1)CCC2. The number of aromatic nitrogens is 1. The smallest absolute Gasteiger partial charge is 0.203 e. The maximum Gasteiger partial charge on any atom is 0.203 e. The molecule has 0 spiro atoms. The Hall–Kier alpha value is -2.50. The van der Waals surface area contributed by atoms with E-state index in [9.17, 15) is 0 Å². The first kappa shape index (κ1) is 17.9. The molecule has 138 valence electrons. The first-order chi connectivity index (χ1) is 13.2. The third kappa shape index (κ3) is 4.26. The summed E-state index contributed by atoms with van der Waals surface area (Å²) in [6, 6.07) is 16.8. The fraction of sp³-hybridized carbons (Fsp3) is 0.273. The van der Waals surface area contributed by atoms with E-state index in [1.807, 2.05) is 30.5 Å². The van der Waals surface area contributed by atoms with Crippen molar-refractivity contribution in [1.82, 2.24) is 4.98 Å². The van der Waals surface area contributed by atoms with E-state index < -0.39 is 0 Å². The minimum Gasteiger partial charge on any atom is -0.322 e. The second-order valence-corrected chi connectivity index (χ2v) is 7.88. The van der Waals surface area contributed by atoms with Gasteiger partial charge in [-0.15, -0.1) is 11.3 Å². The summed E-state index contributed by atoms with van der Waals surface area (Å²) in [6.07, 6.45) is 4.42. The van der Waals surface area contributed by atoms with E-state index in [-0.39, 0.29) is 6.04 Å². The monoisotopic (exact) mass is 376 g/mol. The molecule has 1 heterocycles. The number of hydrazone groups is 1. The summed E-state index contributed by atoms with van der Waals surface area (Å²) < 4.78 is 0. The van der Waals surface area contributed by atoms with Gasteiger partial charge in [-0.2, -0.15) is 5.10 Å². The van der Waals surface area contributed by atoms with Gasteiger partial charge in [0, 0.05) is 5.38 Å². The first-order valence-electron chi connectivity index (χ1n) is 9.36. The molecule has 0 bridgehead atoms. The third-order valence-corrected chi connectivity index (χ3v) is 5.80. The summed E-state index contributed by atoms with van der Waals surface area (Å²) in [7, 11) is 0. The van der Waals surface area contributed by atoms with Gasteiger partial charge in [0.05, 0.1) is 17.4 Å². The van der Waals surface area contributed by atoms with Crippen molar-refractivity contribution in [3.05, 3.63) is 81.9 Å². The number of hydrogen-bond donors (Lipinski definition) is 2. The number of fused-ring (bicyclic) bond motifs is 1. The lowest BCUT2D eigenvalue weighted by molar-refractivity contribution is 0.702. The molecule has 27 heavy (non-hydrogen) atoms. The van der Waals surface area contributed by atoms with Crippen molar-refractivity contribution >= 4 is 22.2 Å². The van der Waals surface area contributed by atoms with Crippen LogP contribution in [0.15, 0.2) is 59.0 Å². The minimum absolute atomic E-state index is 0.110. The van der Waals surface area contributed by atoms with Crippen LogP contribution in [0.1, 0.15) is 47.3 Å². The van der Waals surface area contributed by atoms with Gasteiger partial charge in [0.2, 0.25) is 5.13 Å². The predicted molar refractivity (Wildman–Crippen MR) is 113 cm³/mol. The van der Waals surface area contributed by atoms with Gasteiger partial charge < -0.3 is 5.73 Å². The van der Waals surface area contributed by atoms with Crippen LogP contribution in [-0.4, -0.2) is 10.7 Å². The van der Waals surface area contributed by atoms with Crippen LogP contribution >= 0.6 is 11.3 Å². The molecule has 0 amide bonds. The second kappa shape index (κ2) is 8.03. The van der Waals surface area contributed by atoms with Gasteiger partial charge in [-0.1, -0.05) is 42.5 Å². The fourth-order valence-corrected chi connectivity index (χ4v) is 4.19. The maximum atomic E-state index is 6.32. The van der Waals surface area contributed by atoms with Crippen LogP contribution in [0.3, 0.4) is 0 Å². The Morgan fingerprint density at radius 1 is 1.19 bits per heavy atom. The summed E-state index contributed by atoms with van der Waals surface area (Å²) in [5, 5.41) is 7.30. The van der Waals surface area contributed by atoms with Crippen LogP contribution in [0.4, 0.5) is 5.13 Å². The van der Waals surface area contributed by atoms with E-state index in [4.69, 9.17) is 5.73 Å². The van der Waals surface area contributed by atoms with Crippen LogP contribution < -0.4 is 11.2 Å². The highest BCUT2D eigenvalue weighted by atomic mass is 32.1. The molecule has 5 heteroatoms. The van der Waals surface area contributed by atoms with E-state index in [1.165, 1.54) is 52.9 Å². The zero-order chi connectivity index (χ0) is 18.6. The van der Waals surface area contributed by atoms with Gasteiger partial charge in [-0.3, -0.25) is 5.43 Å². The number of hydrogen-bond acceptors (Lipinski definition) is 5. The van der Waals surface area contributed by atoms with E-state index in [1.54, 1.807) is 0 Å². The number of thiazole rings is 1. The molecule has 3 N–H and O–H groups in total. The van der Waals surface area contributed by atoms with Crippen LogP contribution in [0, 0.1) is 0 Å². The van der Waals surface area contributed by atoms with Gasteiger partial charge >= 0.3 is 0 Å². The Kier molecular flexibility index (Phi) is 5.32. The molecule has 0 saturated carbocycles. The van der Waals surface area contributed by atoms with Crippen molar-refractivity contribution in [1.29, 1.82) is 0 Å². The summed E-state index contributed by atoms with van der Waals surface area (Å²) in [5.41, 5.74) is 16.6. The first-order valence-corrected chi connectivity index (χ1v) is 10.2. The number of nitrogens with one attached hydrogen (secondary N) is 1. The van der Waals surface area contributed by atoms with Crippen molar-refractivity contribution in [2.45, 2.75) is 38.6 Å². The molecule has 1 aliphatic rings. The van der Waals surface area contributed by atoms with Gasteiger partial charge in [-0.25, -0.2) is 4.98 Å². The highest BCUT2D eigenvalue weighted by Crippen LogP contribution is 2.24. The zero-order valence-electron chi connectivity index (χ0n) is 15.5. The zero-order valence-corrected chi connectivity index (χ0v) is 16.3. The second-order valence-electron chi connectivity index (χ2n) is 7.02. The number of nitrogens with zero attached hydrogens (tertiary/aromatic N) is 2. The molecule has 1 aromatic heterocycles.